The number of amides is 1. The molecule has 30 heavy (non-hydrogen) atoms. The van der Waals surface area contributed by atoms with Crippen LogP contribution in [0, 0.1) is 3.57 Å². The number of rotatable bonds is 5. The number of hydrogen-bond donors (Lipinski definition) is 1. The Kier molecular flexibility index (Phi) is 6.11. The van der Waals surface area contributed by atoms with Crippen molar-refractivity contribution >= 4 is 56.9 Å². The molecule has 152 valence electrons. The molecule has 0 bridgehead atoms. The van der Waals surface area contributed by atoms with Crippen molar-refractivity contribution in [2.75, 3.05) is 5.32 Å². The SMILES string of the molecule is CC[C@@H](C)c1ccc2oc(-c3ccc(NC(=O)c4cc(I)ccc4Cl)cc3)nc2c1. The van der Waals surface area contributed by atoms with Crippen molar-refractivity contribution in [2.45, 2.75) is 26.2 Å². The largest absolute Gasteiger partial charge is 0.436 e. The van der Waals surface area contributed by atoms with Gasteiger partial charge in [0.15, 0.2) is 5.58 Å². The molecule has 0 spiro atoms. The molecule has 1 amide bonds. The molecule has 6 heteroatoms. The lowest BCUT2D eigenvalue weighted by molar-refractivity contribution is 0.102. The van der Waals surface area contributed by atoms with Crippen molar-refractivity contribution in [1.82, 2.24) is 4.98 Å². The van der Waals surface area contributed by atoms with Gasteiger partial charge >= 0.3 is 0 Å². The van der Waals surface area contributed by atoms with Gasteiger partial charge in [-0.3, -0.25) is 4.79 Å². The summed E-state index contributed by atoms with van der Waals surface area (Å²) in [6.45, 7) is 4.38. The van der Waals surface area contributed by atoms with Gasteiger partial charge in [-0.15, -0.1) is 0 Å². The summed E-state index contributed by atoms with van der Waals surface area (Å²) in [4.78, 5) is 17.2. The Balaban J connectivity index is 1.54. The van der Waals surface area contributed by atoms with Crippen LogP contribution in [0.5, 0.6) is 0 Å². The molecule has 0 aliphatic carbocycles. The third-order valence-electron chi connectivity index (χ3n) is 5.16. The van der Waals surface area contributed by atoms with Crippen LogP contribution in [-0.2, 0) is 0 Å². The number of carbonyl (C=O) groups excluding carboxylic acids is 1. The van der Waals surface area contributed by atoms with Crippen LogP contribution in [0.2, 0.25) is 5.02 Å². The molecule has 1 heterocycles. The van der Waals surface area contributed by atoms with Gasteiger partial charge in [0.05, 0.1) is 10.6 Å². The average Bonchev–Trinajstić information content (AvgIpc) is 3.18. The van der Waals surface area contributed by atoms with Gasteiger partial charge < -0.3 is 9.73 Å². The highest BCUT2D eigenvalue weighted by Crippen LogP contribution is 2.29. The third-order valence-corrected chi connectivity index (χ3v) is 6.16. The van der Waals surface area contributed by atoms with E-state index in [4.69, 9.17) is 16.0 Å². The first-order chi connectivity index (χ1) is 14.4. The molecule has 4 rings (SSSR count). The molecule has 4 aromatic rings. The van der Waals surface area contributed by atoms with Crippen LogP contribution >= 0.6 is 34.2 Å². The zero-order valence-corrected chi connectivity index (χ0v) is 19.5. The van der Waals surface area contributed by atoms with E-state index in [1.54, 1.807) is 12.1 Å². The number of nitrogens with zero attached hydrogens (tertiary/aromatic N) is 1. The van der Waals surface area contributed by atoms with Crippen LogP contribution in [0.4, 0.5) is 5.69 Å². The summed E-state index contributed by atoms with van der Waals surface area (Å²) in [7, 11) is 0. The molecule has 1 aromatic heterocycles. The predicted molar refractivity (Wildman–Crippen MR) is 130 cm³/mol. The second-order valence-electron chi connectivity index (χ2n) is 7.21. The summed E-state index contributed by atoms with van der Waals surface area (Å²) in [6.07, 6.45) is 1.08. The topological polar surface area (TPSA) is 55.1 Å². The molecule has 1 N–H and O–H groups in total. The zero-order valence-electron chi connectivity index (χ0n) is 16.6. The molecule has 0 saturated carbocycles. The van der Waals surface area contributed by atoms with Crippen LogP contribution < -0.4 is 5.32 Å². The van der Waals surface area contributed by atoms with Gasteiger partial charge in [0.1, 0.15) is 5.52 Å². The fourth-order valence-corrected chi connectivity index (χ4v) is 3.87. The minimum absolute atomic E-state index is 0.245. The van der Waals surface area contributed by atoms with Crippen molar-refractivity contribution in [3.8, 4) is 11.5 Å². The van der Waals surface area contributed by atoms with Crippen LogP contribution in [0.15, 0.2) is 65.1 Å². The van der Waals surface area contributed by atoms with E-state index in [9.17, 15) is 4.79 Å². The zero-order chi connectivity index (χ0) is 21.3. The standard InChI is InChI=1S/C24H20ClIN2O2/c1-3-14(2)16-6-11-22-21(12-16)28-24(30-22)15-4-8-18(9-5-15)27-23(29)19-13-17(26)7-10-20(19)25/h4-14H,3H2,1-2H3,(H,27,29)/t14-/m1/s1. The minimum atomic E-state index is -0.245. The molecule has 3 aromatic carbocycles. The first-order valence-electron chi connectivity index (χ1n) is 9.72. The summed E-state index contributed by atoms with van der Waals surface area (Å²) >= 11 is 8.31. The van der Waals surface area contributed by atoms with Crippen LogP contribution in [0.25, 0.3) is 22.6 Å². The lowest BCUT2D eigenvalue weighted by Gasteiger charge is -2.07. The van der Waals surface area contributed by atoms with Gasteiger partial charge in [0.25, 0.3) is 5.91 Å². The number of halogens is 2. The second kappa shape index (κ2) is 8.78. The molecule has 0 saturated heterocycles. The molecule has 0 unspecified atom stereocenters. The monoisotopic (exact) mass is 530 g/mol. The maximum atomic E-state index is 12.5. The van der Waals surface area contributed by atoms with Crippen LogP contribution in [0.1, 0.15) is 42.1 Å². The van der Waals surface area contributed by atoms with E-state index in [0.29, 0.717) is 28.1 Å². The number of nitrogens with one attached hydrogen (secondary N) is 1. The Morgan fingerprint density at radius 2 is 1.90 bits per heavy atom. The number of carbonyl (C=O) groups is 1. The van der Waals surface area contributed by atoms with Crippen molar-refractivity contribution in [3.05, 3.63) is 80.4 Å². The normalized spacial score (nSPS) is 12.1. The van der Waals surface area contributed by atoms with Gasteiger partial charge in [-0.05, 0) is 95.1 Å². The van der Waals surface area contributed by atoms with Gasteiger partial charge in [-0.2, -0.15) is 0 Å². The van der Waals surface area contributed by atoms with E-state index in [2.05, 4.69) is 58.9 Å². The second-order valence-corrected chi connectivity index (χ2v) is 8.86. The highest BCUT2D eigenvalue weighted by Gasteiger charge is 2.13. The van der Waals surface area contributed by atoms with Gasteiger partial charge in [-0.1, -0.05) is 31.5 Å². The molecule has 1 atom stereocenters. The number of aromatic nitrogens is 1. The lowest BCUT2D eigenvalue weighted by atomic mass is 9.98. The maximum absolute atomic E-state index is 12.5. The van der Waals surface area contributed by atoms with E-state index >= 15 is 0 Å². The fraction of sp³-hybridized carbons (Fsp3) is 0.167. The summed E-state index contributed by atoms with van der Waals surface area (Å²) in [5, 5.41) is 3.30. The van der Waals surface area contributed by atoms with Crippen LogP contribution in [0.3, 0.4) is 0 Å². The van der Waals surface area contributed by atoms with Gasteiger partial charge in [0, 0.05) is 14.8 Å². The summed E-state index contributed by atoms with van der Waals surface area (Å²) < 4.78 is 6.87. The first-order valence-corrected chi connectivity index (χ1v) is 11.2. The Morgan fingerprint density at radius 3 is 2.63 bits per heavy atom. The molecule has 0 radical (unpaired) electrons. The van der Waals surface area contributed by atoms with E-state index in [1.807, 2.05) is 36.4 Å². The number of anilines is 1. The van der Waals surface area contributed by atoms with Gasteiger partial charge in [0.2, 0.25) is 5.89 Å². The summed E-state index contributed by atoms with van der Waals surface area (Å²) in [5.74, 6) is 0.800. The van der Waals surface area contributed by atoms with Crippen molar-refractivity contribution in [2.24, 2.45) is 0 Å². The average molecular weight is 531 g/mol. The summed E-state index contributed by atoms with van der Waals surface area (Å²) in [5.41, 5.74) is 4.85. The number of oxazole rings is 1. The predicted octanol–water partition coefficient (Wildman–Crippen LogP) is 7.52. The minimum Gasteiger partial charge on any atom is -0.436 e. The Morgan fingerprint density at radius 1 is 1.13 bits per heavy atom. The van der Waals surface area contributed by atoms with E-state index < -0.39 is 0 Å². The Hall–Kier alpha value is -2.38. The number of hydrogen-bond acceptors (Lipinski definition) is 3. The highest BCUT2D eigenvalue weighted by atomic mass is 127. The molecular formula is C24H20ClIN2O2. The molecular weight excluding hydrogens is 511 g/mol. The van der Waals surface area contributed by atoms with E-state index in [0.717, 1.165) is 26.7 Å². The van der Waals surface area contributed by atoms with E-state index in [1.165, 1.54) is 5.56 Å². The van der Waals surface area contributed by atoms with E-state index in [-0.39, 0.29) is 5.91 Å². The van der Waals surface area contributed by atoms with Crippen molar-refractivity contribution in [3.63, 3.8) is 0 Å². The number of benzene rings is 3. The number of fused-ring (bicyclic) bond motifs is 1. The quantitative estimate of drug-likeness (QED) is 0.272. The molecule has 4 nitrogen and oxygen atoms in total. The highest BCUT2D eigenvalue weighted by molar-refractivity contribution is 14.1. The Bertz CT molecular complexity index is 1220. The fourth-order valence-electron chi connectivity index (χ4n) is 3.18. The van der Waals surface area contributed by atoms with Crippen LogP contribution in [-0.4, -0.2) is 10.9 Å². The molecule has 0 fully saturated rings. The first kappa shape index (κ1) is 20.9. The summed E-state index contributed by atoms with van der Waals surface area (Å²) in [6, 6.07) is 18.9. The molecule has 0 aliphatic rings. The van der Waals surface area contributed by atoms with Gasteiger partial charge in [-0.25, -0.2) is 4.98 Å². The molecule has 0 aliphatic heterocycles. The Labute approximate surface area is 193 Å². The van der Waals surface area contributed by atoms with Crippen molar-refractivity contribution in [1.29, 1.82) is 0 Å². The van der Waals surface area contributed by atoms with Crippen molar-refractivity contribution < 1.29 is 9.21 Å². The lowest BCUT2D eigenvalue weighted by Crippen LogP contribution is -2.12. The maximum Gasteiger partial charge on any atom is 0.257 e. The third kappa shape index (κ3) is 4.37. The smallest absolute Gasteiger partial charge is 0.257 e.